The monoisotopic (exact) mass is 394 g/mol. The van der Waals surface area contributed by atoms with E-state index in [1.165, 1.54) is 30.5 Å². The second kappa shape index (κ2) is 6.99. The van der Waals surface area contributed by atoms with Gasteiger partial charge in [-0.2, -0.15) is 0 Å². The van der Waals surface area contributed by atoms with Crippen molar-refractivity contribution < 1.29 is 22.3 Å². The molecule has 9 heteroatoms. The third-order valence-electron chi connectivity index (χ3n) is 3.63. The van der Waals surface area contributed by atoms with Crippen molar-refractivity contribution in [3.8, 4) is 0 Å². The van der Waals surface area contributed by atoms with E-state index in [9.17, 15) is 17.6 Å². The summed E-state index contributed by atoms with van der Waals surface area (Å²) < 4.78 is 42.0. The van der Waals surface area contributed by atoms with Gasteiger partial charge in [-0.05, 0) is 36.4 Å². The quantitative estimate of drug-likeness (QED) is 0.685. The molecule has 0 aliphatic carbocycles. The number of fused-ring (bicyclic) bond motifs is 1. The number of esters is 1. The Hall–Kier alpha value is -2.55. The van der Waals surface area contributed by atoms with Crippen LogP contribution in [0.25, 0.3) is 10.9 Å². The van der Waals surface area contributed by atoms with Crippen LogP contribution in [0.1, 0.15) is 15.9 Å². The number of halogens is 2. The van der Waals surface area contributed by atoms with Crippen molar-refractivity contribution in [2.24, 2.45) is 5.14 Å². The van der Waals surface area contributed by atoms with Crippen LogP contribution in [0.4, 0.5) is 4.39 Å². The smallest absolute Gasteiger partial charge is 0.338 e. The normalized spacial score (nSPS) is 11.5. The second-order valence-electron chi connectivity index (χ2n) is 5.37. The van der Waals surface area contributed by atoms with Crippen LogP contribution in [-0.4, -0.2) is 19.4 Å². The van der Waals surface area contributed by atoms with Gasteiger partial charge >= 0.3 is 5.97 Å². The van der Waals surface area contributed by atoms with E-state index in [1.54, 1.807) is 12.1 Å². The summed E-state index contributed by atoms with van der Waals surface area (Å²) in [5.74, 6) is -1.21. The lowest BCUT2D eigenvalue weighted by molar-refractivity contribution is 0.0474. The number of aromatic nitrogens is 1. The highest BCUT2D eigenvalue weighted by atomic mass is 35.5. The lowest BCUT2D eigenvalue weighted by Crippen LogP contribution is -2.14. The molecule has 0 aliphatic rings. The van der Waals surface area contributed by atoms with Gasteiger partial charge in [0.1, 0.15) is 17.3 Å². The summed E-state index contributed by atoms with van der Waals surface area (Å²) in [5.41, 5.74) is 0.857. The maximum Gasteiger partial charge on any atom is 0.338 e. The number of pyridine rings is 1. The molecule has 0 unspecified atom stereocenters. The predicted molar refractivity (Wildman–Crippen MR) is 93.6 cm³/mol. The van der Waals surface area contributed by atoms with Crippen LogP contribution in [0.2, 0.25) is 5.02 Å². The Morgan fingerprint density at radius 3 is 2.73 bits per heavy atom. The molecule has 1 heterocycles. The highest BCUT2D eigenvalue weighted by Gasteiger charge is 2.17. The molecule has 2 N–H and O–H groups in total. The number of hydrogen-bond donors (Lipinski definition) is 1. The summed E-state index contributed by atoms with van der Waals surface area (Å²) in [6.07, 6.45) is 1.50. The van der Waals surface area contributed by atoms with Crippen molar-refractivity contribution in [3.63, 3.8) is 0 Å². The summed E-state index contributed by atoms with van der Waals surface area (Å²) in [6, 6.07) is 9.50. The van der Waals surface area contributed by atoms with Crippen LogP contribution in [0.15, 0.2) is 53.6 Å². The Morgan fingerprint density at radius 2 is 2.00 bits per heavy atom. The van der Waals surface area contributed by atoms with Crippen molar-refractivity contribution in [3.05, 3.63) is 70.6 Å². The minimum absolute atomic E-state index is 0.0298. The van der Waals surface area contributed by atoms with Crippen LogP contribution in [-0.2, 0) is 21.4 Å². The second-order valence-corrected chi connectivity index (χ2v) is 7.31. The number of rotatable bonds is 4. The molecule has 0 aliphatic heterocycles. The molecule has 3 aromatic rings. The zero-order valence-corrected chi connectivity index (χ0v) is 14.7. The molecular weight excluding hydrogens is 383 g/mol. The zero-order valence-electron chi connectivity index (χ0n) is 13.1. The van der Waals surface area contributed by atoms with Gasteiger partial charge in [0.25, 0.3) is 0 Å². The highest BCUT2D eigenvalue weighted by Crippen LogP contribution is 2.23. The maximum atomic E-state index is 13.8. The van der Waals surface area contributed by atoms with Gasteiger partial charge in [0.05, 0.1) is 16.1 Å². The molecule has 3 rings (SSSR count). The molecule has 2 aromatic carbocycles. The maximum absolute atomic E-state index is 13.8. The number of carbonyl (C=O) groups excluding carboxylic acids is 1. The molecular formula is C17H12ClFN2O4S. The number of primary sulfonamides is 1. The molecule has 0 saturated carbocycles. The van der Waals surface area contributed by atoms with Gasteiger partial charge in [-0.15, -0.1) is 0 Å². The number of carbonyl (C=O) groups is 1. The lowest BCUT2D eigenvalue weighted by atomic mass is 10.1. The molecule has 0 spiro atoms. The Bertz CT molecular complexity index is 1120. The van der Waals surface area contributed by atoms with Gasteiger partial charge in [0.15, 0.2) is 0 Å². The molecule has 0 atom stereocenters. The van der Waals surface area contributed by atoms with Crippen molar-refractivity contribution in [2.45, 2.75) is 11.5 Å². The topological polar surface area (TPSA) is 99.4 Å². The lowest BCUT2D eigenvalue weighted by Gasteiger charge is -2.09. The summed E-state index contributed by atoms with van der Waals surface area (Å²) in [7, 11) is -4.08. The number of sulfonamides is 1. The van der Waals surface area contributed by atoms with Crippen molar-refractivity contribution >= 4 is 38.5 Å². The first kappa shape index (κ1) is 18.2. The Morgan fingerprint density at radius 1 is 1.23 bits per heavy atom. The van der Waals surface area contributed by atoms with E-state index in [-0.39, 0.29) is 22.1 Å². The van der Waals surface area contributed by atoms with Crippen LogP contribution in [0.3, 0.4) is 0 Å². The Kier molecular flexibility index (Phi) is 4.90. The number of nitrogens with zero attached hydrogens (tertiary/aromatic N) is 1. The first-order chi connectivity index (χ1) is 12.3. The van der Waals surface area contributed by atoms with Crippen LogP contribution in [0, 0.1) is 5.82 Å². The summed E-state index contributed by atoms with van der Waals surface area (Å²) in [4.78, 5) is 15.9. The first-order valence-corrected chi connectivity index (χ1v) is 9.21. The Labute approximate surface area is 153 Å². The van der Waals surface area contributed by atoms with Crippen LogP contribution >= 0.6 is 11.6 Å². The molecule has 0 saturated heterocycles. The minimum atomic E-state index is -4.08. The average Bonchev–Trinajstić information content (AvgIpc) is 2.60. The number of nitrogens with two attached hydrogens (primary N) is 1. The molecule has 26 heavy (non-hydrogen) atoms. The highest BCUT2D eigenvalue weighted by molar-refractivity contribution is 7.89. The first-order valence-electron chi connectivity index (χ1n) is 7.29. The minimum Gasteiger partial charge on any atom is -0.457 e. The van der Waals surface area contributed by atoms with E-state index in [1.807, 2.05) is 0 Å². The summed E-state index contributed by atoms with van der Waals surface area (Å²) in [5, 5.41) is 5.27. The largest absolute Gasteiger partial charge is 0.457 e. The number of hydrogen-bond acceptors (Lipinski definition) is 5. The fraction of sp³-hybridized carbons (Fsp3) is 0.0588. The molecule has 0 fully saturated rings. The van der Waals surface area contributed by atoms with E-state index >= 15 is 0 Å². The van der Waals surface area contributed by atoms with Gasteiger partial charge < -0.3 is 4.74 Å². The number of ether oxygens (including phenoxy) is 1. The molecule has 0 bridgehead atoms. The fourth-order valence-corrected chi connectivity index (χ4v) is 3.46. The van der Waals surface area contributed by atoms with Crippen LogP contribution < -0.4 is 5.14 Å². The van der Waals surface area contributed by atoms with Crippen molar-refractivity contribution in [2.75, 3.05) is 0 Å². The van der Waals surface area contributed by atoms with Gasteiger partial charge in [0, 0.05) is 17.1 Å². The zero-order chi connectivity index (χ0) is 18.9. The van der Waals surface area contributed by atoms with Gasteiger partial charge in [0.2, 0.25) is 10.0 Å². The number of benzene rings is 2. The van der Waals surface area contributed by atoms with E-state index in [0.717, 1.165) is 6.07 Å². The van der Waals surface area contributed by atoms with Crippen molar-refractivity contribution in [1.29, 1.82) is 0 Å². The standard InChI is InChI=1S/C17H12ClFN2O4S/c18-13-5-3-10(8-15(13)26(20,23)24)17(22)25-9-11-4-6-14(19)12-2-1-7-21-16(11)12/h1-8H,9H2,(H2,20,23,24). The van der Waals surface area contributed by atoms with E-state index in [2.05, 4.69) is 4.98 Å². The fourth-order valence-electron chi connectivity index (χ4n) is 2.39. The summed E-state index contributed by atoms with van der Waals surface area (Å²) in [6.45, 7) is -0.167. The van der Waals surface area contributed by atoms with E-state index in [0.29, 0.717) is 16.5 Å². The molecule has 134 valence electrons. The van der Waals surface area contributed by atoms with Crippen LogP contribution in [0.5, 0.6) is 0 Å². The van der Waals surface area contributed by atoms with Crippen molar-refractivity contribution in [1.82, 2.24) is 4.98 Å². The van der Waals surface area contributed by atoms with E-state index < -0.39 is 21.8 Å². The SMILES string of the molecule is NS(=O)(=O)c1cc(C(=O)OCc2ccc(F)c3cccnc23)ccc1Cl. The third-order valence-corrected chi connectivity index (χ3v) is 5.02. The van der Waals surface area contributed by atoms with Gasteiger partial charge in [-0.25, -0.2) is 22.7 Å². The molecule has 0 amide bonds. The average molecular weight is 395 g/mol. The predicted octanol–water partition coefficient (Wildman–Crippen LogP) is 3.03. The molecule has 0 radical (unpaired) electrons. The third kappa shape index (κ3) is 3.67. The van der Waals surface area contributed by atoms with Gasteiger partial charge in [-0.1, -0.05) is 17.7 Å². The molecule has 6 nitrogen and oxygen atoms in total. The summed E-state index contributed by atoms with van der Waals surface area (Å²) >= 11 is 5.78. The molecule has 1 aromatic heterocycles. The Balaban J connectivity index is 1.86. The van der Waals surface area contributed by atoms with Gasteiger partial charge in [-0.3, -0.25) is 4.98 Å². The van der Waals surface area contributed by atoms with E-state index in [4.69, 9.17) is 21.5 Å².